The van der Waals surface area contributed by atoms with Crippen LogP contribution in [-0.2, 0) is 4.74 Å². The second-order valence-electron chi connectivity index (χ2n) is 8.43. The van der Waals surface area contributed by atoms with Crippen LogP contribution in [0.15, 0.2) is 52.2 Å². The number of pyridine rings is 1. The van der Waals surface area contributed by atoms with Gasteiger partial charge in [-0.25, -0.2) is 4.79 Å². The molecular formula is C25H30N2O5S2. The number of aromatic nitrogens is 1. The molecule has 3 unspecified atom stereocenters. The zero-order valence-electron chi connectivity index (χ0n) is 19.1. The third-order valence-electron chi connectivity index (χ3n) is 6.32. The average Bonchev–Trinajstić information content (AvgIpc) is 3.36. The number of rotatable bonds is 10. The van der Waals surface area contributed by atoms with Gasteiger partial charge < -0.3 is 19.7 Å². The fourth-order valence-corrected chi connectivity index (χ4v) is 6.39. The molecule has 34 heavy (non-hydrogen) atoms. The maximum absolute atomic E-state index is 11.3. The van der Waals surface area contributed by atoms with Crippen LogP contribution < -0.4 is 4.74 Å². The molecular weight excluding hydrogens is 472 g/mol. The Balaban J connectivity index is 1.35. The van der Waals surface area contributed by atoms with Gasteiger partial charge in [0.2, 0.25) is 0 Å². The summed E-state index contributed by atoms with van der Waals surface area (Å²) in [6.45, 7) is 2.39. The van der Waals surface area contributed by atoms with Gasteiger partial charge in [-0.1, -0.05) is 18.2 Å². The van der Waals surface area contributed by atoms with E-state index in [4.69, 9.17) is 9.47 Å². The molecule has 0 bridgehead atoms. The monoisotopic (exact) mass is 502 g/mol. The molecule has 3 heterocycles. The van der Waals surface area contributed by atoms with Gasteiger partial charge in [0, 0.05) is 24.2 Å². The van der Waals surface area contributed by atoms with Crippen molar-refractivity contribution in [1.29, 1.82) is 0 Å². The number of likely N-dealkylation sites (tertiary alicyclic amines) is 1. The molecule has 1 saturated heterocycles. The maximum Gasteiger partial charge on any atom is 0.506 e. The highest BCUT2D eigenvalue weighted by Crippen LogP contribution is 2.33. The smallest absolute Gasteiger partial charge is 0.495 e. The summed E-state index contributed by atoms with van der Waals surface area (Å²) in [4.78, 5) is 18.0. The van der Waals surface area contributed by atoms with E-state index in [0.29, 0.717) is 25.1 Å². The molecule has 182 valence electrons. The van der Waals surface area contributed by atoms with Crippen molar-refractivity contribution in [3.63, 3.8) is 0 Å². The molecule has 2 N–H and O–H groups in total. The minimum absolute atomic E-state index is 0.0783. The molecule has 3 atom stereocenters. The highest BCUT2D eigenvalue weighted by Gasteiger charge is 2.32. The largest absolute Gasteiger partial charge is 0.506 e. The van der Waals surface area contributed by atoms with Gasteiger partial charge in [-0.3, -0.25) is 9.88 Å². The lowest BCUT2D eigenvalue weighted by atomic mass is 9.87. The zero-order chi connectivity index (χ0) is 23.9. The first kappa shape index (κ1) is 24.8. The number of aliphatic hydroxyl groups is 1. The first-order valence-electron chi connectivity index (χ1n) is 11.4. The number of thioether (sulfide) groups is 1. The zero-order valence-corrected chi connectivity index (χ0v) is 20.8. The van der Waals surface area contributed by atoms with Gasteiger partial charge in [-0.15, -0.1) is 23.1 Å². The Morgan fingerprint density at radius 2 is 2.24 bits per heavy atom. The number of hydrogen-bond donors (Lipinski definition) is 2. The summed E-state index contributed by atoms with van der Waals surface area (Å²) in [7, 11) is 1.59. The molecule has 0 radical (unpaired) electrons. The van der Waals surface area contributed by atoms with E-state index in [0.717, 1.165) is 41.7 Å². The summed E-state index contributed by atoms with van der Waals surface area (Å²) >= 11 is 3.56. The molecule has 1 aliphatic heterocycles. The number of carbonyl (C=O) groups is 1. The lowest BCUT2D eigenvalue weighted by Gasteiger charge is -2.37. The van der Waals surface area contributed by atoms with Crippen molar-refractivity contribution < 1.29 is 24.5 Å². The fraction of sp³-hybridized carbons (Fsp3) is 0.440. The Labute approximate surface area is 207 Å². The Morgan fingerprint density at radius 1 is 1.35 bits per heavy atom. The lowest BCUT2D eigenvalue weighted by Crippen LogP contribution is -2.46. The average molecular weight is 503 g/mol. The van der Waals surface area contributed by atoms with Crippen LogP contribution in [0.3, 0.4) is 0 Å². The Kier molecular flexibility index (Phi) is 8.66. The van der Waals surface area contributed by atoms with Crippen molar-refractivity contribution in [3.8, 4) is 5.75 Å². The van der Waals surface area contributed by atoms with Crippen molar-refractivity contribution >= 4 is 40.2 Å². The number of thiophene rings is 1. The minimum atomic E-state index is -1.24. The minimum Gasteiger partial charge on any atom is -0.495 e. The maximum atomic E-state index is 11.3. The molecule has 0 saturated carbocycles. The van der Waals surface area contributed by atoms with Crippen molar-refractivity contribution in [1.82, 2.24) is 9.88 Å². The van der Waals surface area contributed by atoms with Gasteiger partial charge in [0.1, 0.15) is 11.9 Å². The van der Waals surface area contributed by atoms with Gasteiger partial charge in [0.25, 0.3) is 0 Å². The van der Waals surface area contributed by atoms with Gasteiger partial charge in [-0.2, -0.15) is 0 Å². The van der Waals surface area contributed by atoms with E-state index in [1.54, 1.807) is 24.6 Å². The third kappa shape index (κ3) is 6.41. The van der Waals surface area contributed by atoms with E-state index in [1.807, 2.05) is 36.0 Å². The summed E-state index contributed by atoms with van der Waals surface area (Å²) < 4.78 is 11.9. The summed E-state index contributed by atoms with van der Waals surface area (Å²) in [5, 5.41) is 23.2. The Morgan fingerprint density at radius 3 is 3.00 bits per heavy atom. The van der Waals surface area contributed by atoms with E-state index in [9.17, 15) is 15.0 Å². The molecule has 7 nitrogen and oxygen atoms in total. The van der Waals surface area contributed by atoms with Gasteiger partial charge in [0.05, 0.1) is 29.1 Å². The molecule has 1 aromatic carbocycles. The van der Waals surface area contributed by atoms with Crippen LogP contribution in [0, 0.1) is 5.92 Å². The highest BCUT2D eigenvalue weighted by molar-refractivity contribution is 8.01. The van der Waals surface area contributed by atoms with Crippen LogP contribution in [0.25, 0.3) is 10.9 Å². The molecule has 1 fully saturated rings. The number of nitrogens with zero attached hydrogens (tertiary/aromatic N) is 2. The standard InChI is InChI=1S/C25H30N2O5S2/c1-31-18-14-20-19(4-2-5-21(20)26-15-18)22(28)8-7-17-9-10-27(16-23(17)32-25(29)30)11-13-34-24-6-3-12-33-24/h2-6,12,14-15,17,22-23,28H,7-11,13,16H2,1H3,(H,29,30). The van der Waals surface area contributed by atoms with E-state index in [1.165, 1.54) is 4.21 Å². The fourth-order valence-electron chi connectivity index (χ4n) is 4.53. The molecule has 3 aromatic rings. The van der Waals surface area contributed by atoms with Crippen LogP contribution in [0.4, 0.5) is 4.79 Å². The second-order valence-corrected chi connectivity index (χ2v) is 10.8. The normalized spacial score (nSPS) is 19.7. The van der Waals surface area contributed by atoms with E-state index < -0.39 is 12.3 Å². The van der Waals surface area contributed by atoms with Crippen molar-refractivity contribution in [2.75, 3.05) is 32.5 Å². The lowest BCUT2D eigenvalue weighted by molar-refractivity contribution is -0.0223. The molecule has 2 aromatic heterocycles. The van der Waals surface area contributed by atoms with Gasteiger partial charge in [-0.05, 0) is 60.9 Å². The summed E-state index contributed by atoms with van der Waals surface area (Å²) in [5.74, 6) is 1.68. The second kappa shape index (κ2) is 11.9. The quantitative estimate of drug-likeness (QED) is 0.285. The topological polar surface area (TPSA) is 92.1 Å². The van der Waals surface area contributed by atoms with E-state index in [-0.39, 0.29) is 12.0 Å². The molecule has 9 heteroatoms. The van der Waals surface area contributed by atoms with Crippen LogP contribution in [0.2, 0.25) is 0 Å². The molecule has 0 aliphatic carbocycles. The molecule has 0 spiro atoms. The molecule has 0 amide bonds. The summed E-state index contributed by atoms with van der Waals surface area (Å²) in [5.41, 5.74) is 1.61. The number of fused-ring (bicyclic) bond motifs is 1. The third-order valence-corrected chi connectivity index (χ3v) is 8.43. The Bertz CT molecular complexity index is 1080. The number of benzene rings is 1. The van der Waals surface area contributed by atoms with Crippen LogP contribution in [0.5, 0.6) is 5.75 Å². The number of carboxylic acid groups (broad SMARTS) is 1. The van der Waals surface area contributed by atoms with E-state index >= 15 is 0 Å². The number of aliphatic hydroxyl groups excluding tert-OH is 1. The van der Waals surface area contributed by atoms with Gasteiger partial charge >= 0.3 is 6.16 Å². The van der Waals surface area contributed by atoms with Crippen LogP contribution >= 0.6 is 23.1 Å². The number of piperidine rings is 1. The number of methoxy groups -OCH3 is 1. The predicted octanol–water partition coefficient (Wildman–Crippen LogP) is 5.30. The SMILES string of the molecule is COc1cnc2cccc(C(O)CCC3CCN(CCSc4cccs4)CC3OC(=O)O)c2c1. The van der Waals surface area contributed by atoms with Gasteiger partial charge in [0.15, 0.2) is 0 Å². The first-order chi connectivity index (χ1) is 16.5. The first-order valence-corrected chi connectivity index (χ1v) is 13.3. The summed E-state index contributed by atoms with van der Waals surface area (Å²) in [6, 6.07) is 11.8. The van der Waals surface area contributed by atoms with Crippen molar-refractivity contribution in [2.24, 2.45) is 5.92 Å². The highest BCUT2D eigenvalue weighted by atomic mass is 32.2. The molecule has 4 rings (SSSR count). The number of ether oxygens (including phenoxy) is 2. The predicted molar refractivity (Wildman–Crippen MR) is 135 cm³/mol. The van der Waals surface area contributed by atoms with Crippen molar-refractivity contribution in [2.45, 2.75) is 35.7 Å². The van der Waals surface area contributed by atoms with E-state index in [2.05, 4.69) is 27.4 Å². The number of hydrogen-bond acceptors (Lipinski definition) is 8. The van der Waals surface area contributed by atoms with Crippen LogP contribution in [-0.4, -0.2) is 64.9 Å². The van der Waals surface area contributed by atoms with Crippen molar-refractivity contribution in [3.05, 3.63) is 53.5 Å². The Hall–Kier alpha value is -2.33. The summed E-state index contributed by atoms with van der Waals surface area (Å²) in [6.07, 6.45) is 1.41. The van der Waals surface area contributed by atoms with Crippen LogP contribution in [0.1, 0.15) is 30.9 Å². The molecule has 1 aliphatic rings.